The molecule has 0 amide bonds. The molecule has 4 rings (SSSR count). The summed E-state index contributed by atoms with van der Waals surface area (Å²) < 4.78 is 2.04. The zero-order chi connectivity index (χ0) is 18.8. The summed E-state index contributed by atoms with van der Waals surface area (Å²) in [7, 11) is 0. The number of anilines is 2. The first kappa shape index (κ1) is 17.6. The summed E-state index contributed by atoms with van der Waals surface area (Å²) in [6.07, 6.45) is 9.33. The maximum Gasteiger partial charge on any atom is 0.180 e. The molecule has 0 saturated carbocycles. The van der Waals surface area contributed by atoms with Crippen LogP contribution >= 0.6 is 11.3 Å². The van der Waals surface area contributed by atoms with Crippen LogP contribution in [0.1, 0.15) is 24.5 Å². The quantitative estimate of drug-likeness (QED) is 0.509. The van der Waals surface area contributed by atoms with Crippen molar-refractivity contribution in [1.29, 1.82) is 0 Å². The Morgan fingerprint density at radius 1 is 1.19 bits per heavy atom. The number of imidazole rings is 1. The van der Waals surface area contributed by atoms with Gasteiger partial charge in [0.2, 0.25) is 0 Å². The number of thiazole rings is 1. The number of aryl methyl sites for hydroxylation is 1. The van der Waals surface area contributed by atoms with Crippen molar-refractivity contribution in [3.63, 3.8) is 0 Å². The van der Waals surface area contributed by atoms with E-state index in [4.69, 9.17) is 0 Å². The van der Waals surface area contributed by atoms with Crippen molar-refractivity contribution in [1.82, 2.24) is 34.4 Å². The number of aromatic nitrogens is 6. The van der Waals surface area contributed by atoms with E-state index in [9.17, 15) is 0 Å². The molecule has 0 aliphatic carbocycles. The van der Waals surface area contributed by atoms with Crippen LogP contribution in [-0.2, 0) is 6.54 Å². The molecule has 27 heavy (non-hydrogen) atoms. The minimum absolute atomic E-state index is 0.725. The third-order valence-corrected chi connectivity index (χ3v) is 5.35. The second-order valence-electron chi connectivity index (χ2n) is 6.26. The molecule has 0 atom stereocenters. The number of rotatable bonds is 7. The number of H-pyrrole nitrogens is 1. The first-order valence-electron chi connectivity index (χ1n) is 8.95. The molecule has 0 radical (unpaired) electrons. The average molecular weight is 382 g/mol. The van der Waals surface area contributed by atoms with Crippen LogP contribution < -0.4 is 5.32 Å². The highest BCUT2D eigenvalue weighted by Gasteiger charge is 2.14. The maximum absolute atomic E-state index is 4.64. The molecule has 4 aromatic heterocycles. The number of fused-ring (bicyclic) bond motifs is 1. The van der Waals surface area contributed by atoms with Crippen molar-refractivity contribution in [3.8, 4) is 11.3 Å². The summed E-state index contributed by atoms with van der Waals surface area (Å²) >= 11 is 1.65. The van der Waals surface area contributed by atoms with Crippen LogP contribution in [0.5, 0.6) is 0 Å². The second-order valence-corrected chi connectivity index (χ2v) is 7.37. The predicted molar refractivity (Wildman–Crippen MR) is 107 cm³/mol. The van der Waals surface area contributed by atoms with Gasteiger partial charge in [0.15, 0.2) is 11.5 Å². The highest BCUT2D eigenvalue weighted by molar-refractivity contribution is 7.15. The van der Waals surface area contributed by atoms with Crippen molar-refractivity contribution in [2.24, 2.45) is 0 Å². The van der Waals surface area contributed by atoms with Gasteiger partial charge in [-0.3, -0.25) is 14.4 Å². The Hall–Kier alpha value is -2.78. The van der Waals surface area contributed by atoms with Crippen LogP contribution in [0, 0.1) is 6.92 Å². The van der Waals surface area contributed by atoms with Gasteiger partial charge >= 0.3 is 0 Å². The minimum Gasteiger partial charge on any atom is -0.327 e. The molecule has 0 fully saturated rings. The van der Waals surface area contributed by atoms with Crippen LogP contribution in [0.15, 0.2) is 31.0 Å². The largest absolute Gasteiger partial charge is 0.327 e. The molecule has 4 aromatic rings. The second kappa shape index (κ2) is 7.45. The minimum atomic E-state index is 0.725. The van der Waals surface area contributed by atoms with Crippen molar-refractivity contribution in [3.05, 3.63) is 41.7 Å². The molecule has 0 saturated heterocycles. The van der Waals surface area contributed by atoms with E-state index in [0.717, 1.165) is 58.1 Å². The molecule has 0 unspecified atom stereocenters. The van der Waals surface area contributed by atoms with E-state index in [2.05, 4.69) is 49.2 Å². The summed E-state index contributed by atoms with van der Waals surface area (Å²) in [5.41, 5.74) is 3.63. The van der Waals surface area contributed by atoms with E-state index >= 15 is 0 Å². The van der Waals surface area contributed by atoms with Crippen molar-refractivity contribution in [2.75, 3.05) is 18.4 Å². The van der Waals surface area contributed by atoms with Crippen LogP contribution in [0.4, 0.5) is 10.8 Å². The zero-order valence-electron chi connectivity index (χ0n) is 15.6. The van der Waals surface area contributed by atoms with Gasteiger partial charge in [-0.1, -0.05) is 25.2 Å². The summed E-state index contributed by atoms with van der Waals surface area (Å²) in [4.78, 5) is 16.1. The fraction of sp³-hybridized carbons (Fsp3) is 0.333. The lowest BCUT2D eigenvalue weighted by Gasteiger charge is -2.15. The van der Waals surface area contributed by atoms with Crippen molar-refractivity contribution < 1.29 is 0 Å². The van der Waals surface area contributed by atoms with E-state index in [1.165, 1.54) is 0 Å². The van der Waals surface area contributed by atoms with E-state index < -0.39 is 0 Å². The van der Waals surface area contributed by atoms with Crippen LogP contribution in [0.3, 0.4) is 0 Å². The molecular weight excluding hydrogens is 360 g/mol. The highest BCUT2D eigenvalue weighted by Crippen LogP contribution is 2.28. The third-order valence-electron chi connectivity index (χ3n) is 4.46. The van der Waals surface area contributed by atoms with Gasteiger partial charge in [-0.2, -0.15) is 5.10 Å². The van der Waals surface area contributed by atoms with Gasteiger partial charge < -0.3 is 5.32 Å². The molecular formula is C18H22N8S. The van der Waals surface area contributed by atoms with Crippen molar-refractivity contribution >= 4 is 27.8 Å². The lowest BCUT2D eigenvalue weighted by molar-refractivity contribution is 0.295. The van der Waals surface area contributed by atoms with Gasteiger partial charge in [0.05, 0.1) is 36.5 Å². The lowest BCUT2D eigenvalue weighted by Crippen LogP contribution is -2.21. The van der Waals surface area contributed by atoms with Crippen LogP contribution in [0.2, 0.25) is 0 Å². The molecule has 0 spiro atoms. The van der Waals surface area contributed by atoms with Gasteiger partial charge in [-0.15, -0.1) is 0 Å². The van der Waals surface area contributed by atoms with E-state index in [1.807, 2.05) is 36.1 Å². The normalized spacial score (nSPS) is 11.6. The monoisotopic (exact) mass is 382 g/mol. The molecule has 0 aromatic carbocycles. The molecule has 0 aliphatic heterocycles. The topological polar surface area (TPSA) is 87.0 Å². The molecule has 4 heterocycles. The van der Waals surface area contributed by atoms with Gasteiger partial charge in [-0.05, 0) is 20.0 Å². The molecule has 0 aliphatic rings. The zero-order valence-corrected chi connectivity index (χ0v) is 16.4. The predicted octanol–water partition coefficient (Wildman–Crippen LogP) is 3.47. The van der Waals surface area contributed by atoms with Crippen LogP contribution in [0.25, 0.3) is 16.9 Å². The first-order valence-corrected chi connectivity index (χ1v) is 9.77. The first-order chi connectivity index (χ1) is 13.2. The molecule has 0 bridgehead atoms. The maximum atomic E-state index is 4.64. The summed E-state index contributed by atoms with van der Waals surface area (Å²) in [5, 5.41) is 12.3. The Morgan fingerprint density at radius 3 is 2.78 bits per heavy atom. The summed E-state index contributed by atoms with van der Waals surface area (Å²) in [5.74, 6) is 0.725. The number of hydrogen-bond acceptors (Lipinski definition) is 7. The Kier molecular flexibility index (Phi) is 4.87. The average Bonchev–Trinajstić information content (AvgIpc) is 3.40. The van der Waals surface area contributed by atoms with Gasteiger partial charge in [0, 0.05) is 18.0 Å². The summed E-state index contributed by atoms with van der Waals surface area (Å²) in [6, 6.07) is 0. The summed E-state index contributed by atoms with van der Waals surface area (Å²) in [6.45, 7) is 9.21. The Balaban J connectivity index is 1.64. The van der Waals surface area contributed by atoms with Gasteiger partial charge in [-0.25, -0.2) is 15.0 Å². The third kappa shape index (κ3) is 3.56. The number of aromatic amines is 1. The smallest absolute Gasteiger partial charge is 0.180 e. The molecule has 8 nitrogen and oxygen atoms in total. The Bertz CT molecular complexity index is 1030. The highest BCUT2D eigenvalue weighted by atomic mass is 32.1. The van der Waals surface area contributed by atoms with Gasteiger partial charge in [0.1, 0.15) is 10.0 Å². The van der Waals surface area contributed by atoms with Crippen LogP contribution in [-0.4, -0.2) is 47.5 Å². The SMILES string of the molecule is CCN(CC)Cc1ncc(Nc2nc(C)cn3c(-c4cn[nH]c4)cnc23)s1. The fourth-order valence-corrected chi connectivity index (χ4v) is 3.85. The Morgan fingerprint density at radius 2 is 2.04 bits per heavy atom. The van der Waals surface area contributed by atoms with Gasteiger partial charge in [0.25, 0.3) is 0 Å². The molecule has 140 valence electrons. The number of nitrogens with one attached hydrogen (secondary N) is 2. The number of hydrogen-bond donors (Lipinski definition) is 2. The van der Waals surface area contributed by atoms with E-state index in [0.29, 0.717) is 0 Å². The van der Waals surface area contributed by atoms with Crippen molar-refractivity contribution in [2.45, 2.75) is 27.3 Å². The van der Waals surface area contributed by atoms with E-state index in [-0.39, 0.29) is 0 Å². The lowest BCUT2D eigenvalue weighted by atomic mass is 10.3. The number of nitrogens with zero attached hydrogens (tertiary/aromatic N) is 6. The molecule has 9 heteroatoms. The standard InChI is InChI=1S/C18H22N8S/c1-4-25(5-2)11-16-19-9-15(27-16)24-17-18-20-8-14(13-6-21-22-7-13)26(18)10-12(3)23-17/h6-10H,4-5,11H2,1-3H3,(H,21,22)(H,23,24). The van der Waals surface area contributed by atoms with E-state index in [1.54, 1.807) is 17.5 Å². The Labute approximate surface area is 161 Å². The molecule has 2 N–H and O–H groups in total. The fourth-order valence-electron chi connectivity index (χ4n) is 2.99.